The number of phenols is 1. The maximum Gasteiger partial charge on any atom is 0.285 e. The van der Waals surface area contributed by atoms with Gasteiger partial charge in [-0.25, -0.2) is 0 Å². The third-order valence-electron chi connectivity index (χ3n) is 4.76. The molecule has 1 aliphatic heterocycles. The van der Waals surface area contributed by atoms with Gasteiger partial charge in [-0.15, -0.1) is 4.40 Å². The molecule has 0 spiro atoms. The van der Waals surface area contributed by atoms with E-state index in [-0.39, 0.29) is 21.6 Å². The highest BCUT2D eigenvalue weighted by Crippen LogP contribution is 2.39. The van der Waals surface area contributed by atoms with Crippen LogP contribution in [0.3, 0.4) is 0 Å². The lowest BCUT2D eigenvalue weighted by Gasteiger charge is -2.27. The van der Waals surface area contributed by atoms with Crippen molar-refractivity contribution in [2.45, 2.75) is 57.3 Å². The molecular formula is C22H27N3O3S. The standard InChI is InChI=1S/C22H27N3O3S/c1-21(2,3)16-11-14(12-17(19(16)26)22(4,5)6)13-23-24-20-15-9-7-8-10-18(15)29(27,28)25-20/h7-13,26H,1-6H3,(H,24,25)/b23-13-. The Balaban J connectivity index is 1.96. The number of aromatic hydroxyl groups is 1. The van der Waals surface area contributed by atoms with Crippen LogP contribution in [0.15, 0.2) is 50.8 Å². The summed E-state index contributed by atoms with van der Waals surface area (Å²) in [5, 5.41) is 15.0. The summed E-state index contributed by atoms with van der Waals surface area (Å²) in [4.78, 5) is 0.173. The minimum Gasteiger partial charge on any atom is -0.507 e. The van der Waals surface area contributed by atoms with Gasteiger partial charge in [0.15, 0.2) is 5.84 Å². The van der Waals surface area contributed by atoms with E-state index in [4.69, 9.17) is 0 Å². The number of hydrazone groups is 1. The van der Waals surface area contributed by atoms with Crippen LogP contribution >= 0.6 is 0 Å². The van der Waals surface area contributed by atoms with Gasteiger partial charge in [-0.3, -0.25) is 5.43 Å². The fourth-order valence-corrected chi connectivity index (χ4v) is 4.40. The van der Waals surface area contributed by atoms with Crippen molar-refractivity contribution in [3.05, 3.63) is 58.7 Å². The van der Waals surface area contributed by atoms with Crippen LogP contribution in [0.5, 0.6) is 5.75 Å². The first-order chi connectivity index (χ1) is 13.3. The summed E-state index contributed by atoms with van der Waals surface area (Å²) in [6, 6.07) is 10.4. The molecule has 2 aromatic carbocycles. The second kappa shape index (κ2) is 6.99. The summed E-state index contributed by atoms with van der Waals surface area (Å²) < 4.78 is 28.0. The third-order valence-corrected chi connectivity index (χ3v) is 6.10. The van der Waals surface area contributed by atoms with Crippen molar-refractivity contribution in [3.63, 3.8) is 0 Å². The predicted molar refractivity (Wildman–Crippen MR) is 116 cm³/mol. The fourth-order valence-electron chi connectivity index (χ4n) is 3.23. The third kappa shape index (κ3) is 4.19. The molecule has 2 N–H and O–H groups in total. The van der Waals surface area contributed by atoms with Crippen LogP contribution in [-0.2, 0) is 20.9 Å². The number of nitrogens with zero attached hydrogens (tertiary/aromatic N) is 2. The molecule has 1 aliphatic rings. The van der Waals surface area contributed by atoms with E-state index >= 15 is 0 Å². The molecule has 154 valence electrons. The molecule has 0 saturated carbocycles. The van der Waals surface area contributed by atoms with Gasteiger partial charge in [0, 0.05) is 16.7 Å². The van der Waals surface area contributed by atoms with Crippen molar-refractivity contribution in [3.8, 4) is 5.75 Å². The topological polar surface area (TPSA) is 91.1 Å². The highest BCUT2D eigenvalue weighted by molar-refractivity contribution is 7.90. The average molecular weight is 414 g/mol. The van der Waals surface area contributed by atoms with Crippen LogP contribution < -0.4 is 5.43 Å². The lowest BCUT2D eigenvalue weighted by molar-refractivity contribution is 0.423. The van der Waals surface area contributed by atoms with Gasteiger partial charge in [0.05, 0.1) is 6.21 Å². The molecule has 2 aromatic rings. The van der Waals surface area contributed by atoms with E-state index in [1.807, 2.05) is 53.7 Å². The highest BCUT2D eigenvalue weighted by atomic mass is 32.2. The van der Waals surface area contributed by atoms with Crippen molar-refractivity contribution in [1.29, 1.82) is 0 Å². The number of fused-ring (bicyclic) bond motifs is 1. The van der Waals surface area contributed by atoms with E-state index in [1.165, 1.54) is 6.07 Å². The molecule has 0 aliphatic carbocycles. The zero-order valence-corrected chi connectivity index (χ0v) is 18.4. The normalized spacial score (nSPS) is 16.0. The number of benzene rings is 2. The van der Waals surface area contributed by atoms with E-state index in [9.17, 15) is 13.5 Å². The molecule has 0 fully saturated rings. The Labute approximate surface area is 172 Å². The Morgan fingerprint density at radius 1 is 1.00 bits per heavy atom. The number of rotatable bonds is 2. The Morgan fingerprint density at radius 3 is 2.10 bits per heavy atom. The maximum atomic E-state index is 12.1. The second-order valence-electron chi connectivity index (χ2n) is 9.25. The molecular weight excluding hydrogens is 386 g/mol. The number of sulfonamides is 1. The quantitative estimate of drug-likeness (QED) is 0.574. The molecule has 0 saturated heterocycles. The lowest BCUT2D eigenvalue weighted by atomic mass is 9.78. The molecule has 6 nitrogen and oxygen atoms in total. The van der Waals surface area contributed by atoms with Gasteiger partial charge in [0.1, 0.15) is 10.6 Å². The van der Waals surface area contributed by atoms with Crippen LogP contribution in [-0.4, -0.2) is 25.6 Å². The number of amidine groups is 1. The van der Waals surface area contributed by atoms with Crippen molar-refractivity contribution in [1.82, 2.24) is 5.43 Å². The van der Waals surface area contributed by atoms with Gasteiger partial charge in [0.2, 0.25) is 0 Å². The summed E-state index contributed by atoms with van der Waals surface area (Å²) in [6.45, 7) is 12.3. The largest absolute Gasteiger partial charge is 0.507 e. The summed E-state index contributed by atoms with van der Waals surface area (Å²) in [5.74, 6) is 0.498. The Kier molecular flexibility index (Phi) is 5.07. The molecule has 0 aromatic heterocycles. The van der Waals surface area contributed by atoms with Gasteiger partial charge in [-0.1, -0.05) is 53.7 Å². The van der Waals surface area contributed by atoms with E-state index < -0.39 is 10.0 Å². The van der Waals surface area contributed by atoms with Crippen molar-refractivity contribution < 1.29 is 13.5 Å². The minimum absolute atomic E-state index is 0.173. The monoisotopic (exact) mass is 413 g/mol. The minimum atomic E-state index is -3.69. The van der Waals surface area contributed by atoms with Crippen LogP contribution in [0.25, 0.3) is 0 Å². The second-order valence-corrected chi connectivity index (χ2v) is 10.8. The molecule has 1 heterocycles. The van der Waals surface area contributed by atoms with E-state index in [0.717, 1.165) is 16.7 Å². The number of hydrogen-bond donors (Lipinski definition) is 2. The molecule has 7 heteroatoms. The van der Waals surface area contributed by atoms with Crippen LogP contribution in [0.1, 0.15) is 63.8 Å². The highest BCUT2D eigenvalue weighted by Gasteiger charge is 2.28. The SMILES string of the molecule is CC(C)(C)c1cc(/C=N\NC2=NS(=O)(=O)c3ccccc32)cc(C(C)(C)C)c1O. The fraction of sp³-hybridized carbons (Fsp3) is 0.364. The van der Waals surface area contributed by atoms with E-state index in [1.54, 1.807) is 24.4 Å². The average Bonchev–Trinajstić information content (AvgIpc) is 2.85. The molecule has 29 heavy (non-hydrogen) atoms. The zero-order valence-electron chi connectivity index (χ0n) is 17.6. The smallest absolute Gasteiger partial charge is 0.285 e. The molecule has 0 bridgehead atoms. The zero-order chi connectivity index (χ0) is 21.6. The van der Waals surface area contributed by atoms with Gasteiger partial charge in [-0.05, 0) is 40.7 Å². The number of nitrogens with one attached hydrogen (secondary N) is 1. The molecule has 0 radical (unpaired) electrons. The van der Waals surface area contributed by atoms with E-state index in [0.29, 0.717) is 11.3 Å². The first kappa shape index (κ1) is 21.0. The summed E-state index contributed by atoms with van der Waals surface area (Å²) in [7, 11) is -3.69. The Bertz CT molecular complexity index is 1080. The maximum absolute atomic E-state index is 12.1. The van der Waals surface area contributed by atoms with Crippen molar-refractivity contribution in [2.75, 3.05) is 0 Å². The Morgan fingerprint density at radius 2 is 1.55 bits per heavy atom. The van der Waals surface area contributed by atoms with Crippen molar-refractivity contribution >= 4 is 22.1 Å². The van der Waals surface area contributed by atoms with Gasteiger partial charge in [0.25, 0.3) is 10.0 Å². The van der Waals surface area contributed by atoms with Crippen LogP contribution in [0.4, 0.5) is 0 Å². The van der Waals surface area contributed by atoms with Crippen molar-refractivity contribution in [2.24, 2.45) is 9.50 Å². The van der Waals surface area contributed by atoms with Gasteiger partial charge < -0.3 is 5.11 Å². The summed E-state index contributed by atoms with van der Waals surface area (Å²) in [6.07, 6.45) is 1.61. The lowest BCUT2D eigenvalue weighted by Crippen LogP contribution is -2.19. The first-order valence-corrected chi connectivity index (χ1v) is 10.9. The van der Waals surface area contributed by atoms with Crippen LogP contribution in [0.2, 0.25) is 0 Å². The molecule has 0 atom stereocenters. The first-order valence-electron chi connectivity index (χ1n) is 9.42. The summed E-state index contributed by atoms with van der Waals surface area (Å²) >= 11 is 0. The molecule has 3 rings (SSSR count). The Hall–Kier alpha value is -2.67. The number of phenolic OH excluding ortho intramolecular Hbond substituents is 1. The van der Waals surface area contributed by atoms with Gasteiger partial charge in [-0.2, -0.15) is 13.5 Å². The summed E-state index contributed by atoms with van der Waals surface area (Å²) in [5.41, 5.74) is 5.23. The molecule has 0 unspecified atom stereocenters. The molecule has 0 amide bonds. The number of hydrogen-bond acceptors (Lipinski definition) is 5. The predicted octanol–water partition coefficient (Wildman–Crippen LogP) is 4.06. The van der Waals surface area contributed by atoms with E-state index in [2.05, 4.69) is 14.9 Å². The van der Waals surface area contributed by atoms with Gasteiger partial charge >= 0.3 is 0 Å². The van der Waals surface area contributed by atoms with Crippen LogP contribution in [0, 0.1) is 0 Å².